The average Bonchev–Trinajstić information content (AvgIpc) is 2.70. The summed E-state index contributed by atoms with van der Waals surface area (Å²) >= 11 is 3.31. The second kappa shape index (κ2) is 5.22. The molecule has 0 fully saturated rings. The maximum Gasteiger partial charge on any atom is 0.251 e. The number of aromatic nitrogens is 2. The fourth-order valence-corrected chi connectivity index (χ4v) is 2.09. The molecule has 0 atom stereocenters. The van der Waals surface area contributed by atoms with Gasteiger partial charge < -0.3 is 11.1 Å². The minimum Gasteiger partial charge on any atom is -0.399 e. The highest BCUT2D eigenvalue weighted by Gasteiger charge is 2.08. The van der Waals surface area contributed by atoms with E-state index in [0.717, 1.165) is 15.7 Å². The largest absolute Gasteiger partial charge is 0.399 e. The van der Waals surface area contributed by atoms with Gasteiger partial charge in [0, 0.05) is 33.5 Å². The Morgan fingerprint density at radius 2 is 2.28 bits per heavy atom. The molecular weight excluding hydrogens is 296 g/mol. The van der Waals surface area contributed by atoms with Crippen molar-refractivity contribution in [2.45, 2.75) is 13.5 Å². The summed E-state index contributed by atoms with van der Waals surface area (Å²) < 4.78 is 0.784. The van der Waals surface area contributed by atoms with E-state index in [4.69, 9.17) is 5.73 Å². The third kappa shape index (κ3) is 2.89. The van der Waals surface area contributed by atoms with Gasteiger partial charge in [-0.3, -0.25) is 9.89 Å². The standard InChI is InChI=1S/C12H13BrN4O/c1-7-9(6-16-17-7)5-15-12(18)8-2-10(13)4-11(14)3-8/h2-4,6H,5,14H2,1H3,(H,15,18)(H,16,17). The number of halogens is 1. The van der Waals surface area contributed by atoms with Gasteiger partial charge in [0.1, 0.15) is 0 Å². The van der Waals surface area contributed by atoms with Crippen LogP contribution in [-0.4, -0.2) is 16.1 Å². The predicted octanol–water partition coefficient (Wildman–Crippen LogP) is 1.99. The van der Waals surface area contributed by atoms with E-state index in [2.05, 4.69) is 31.4 Å². The van der Waals surface area contributed by atoms with E-state index >= 15 is 0 Å². The molecule has 94 valence electrons. The topological polar surface area (TPSA) is 83.8 Å². The Labute approximate surface area is 113 Å². The molecule has 1 aromatic carbocycles. The molecule has 0 bridgehead atoms. The first-order chi connectivity index (χ1) is 8.56. The van der Waals surface area contributed by atoms with Gasteiger partial charge in [0.15, 0.2) is 0 Å². The van der Waals surface area contributed by atoms with Crippen LogP contribution in [0.5, 0.6) is 0 Å². The Bertz CT molecular complexity index is 559. The number of aryl methyl sites for hydroxylation is 1. The molecule has 0 aliphatic rings. The van der Waals surface area contributed by atoms with Gasteiger partial charge in [-0.2, -0.15) is 5.10 Å². The molecule has 0 saturated heterocycles. The number of anilines is 1. The molecule has 1 heterocycles. The van der Waals surface area contributed by atoms with Crippen molar-refractivity contribution in [1.29, 1.82) is 0 Å². The molecule has 6 heteroatoms. The Kier molecular flexibility index (Phi) is 3.66. The molecule has 18 heavy (non-hydrogen) atoms. The summed E-state index contributed by atoms with van der Waals surface area (Å²) in [6, 6.07) is 5.12. The number of amides is 1. The highest BCUT2D eigenvalue weighted by Crippen LogP contribution is 2.17. The molecule has 0 saturated carbocycles. The van der Waals surface area contributed by atoms with Gasteiger partial charge in [0.05, 0.1) is 6.20 Å². The van der Waals surface area contributed by atoms with Crippen molar-refractivity contribution in [3.05, 3.63) is 45.7 Å². The third-order valence-corrected chi connectivity index (χ3v) is 3.01. The number of carbonyl (C=O) groups excluding carboxylic acids is 1. The molecule has 2 aromatic rings. The van der Waals surface area contributed by atoms with Gasteiger partial charge in [-0.05, 0) is 25.1 Å². The number of hydrogen-bond donors (Lipinski definition) is 3. The van der Waals surface area contributed by atoms with Crippen LogP contribution in [0.1, 0.15) is 21.6 Å². The van der Waals surface area contributed by atoms with Crippen molar-refractivity contribution in [3.63, 3.8) is 0 Å². The first-order valence-electron chi connectivity index (χ1n) is 5.39. The average molecular weight is 309 g/mol. The Hall–Kier alpha value is -1.82. The lowest BCUT2D eigenvalue weighted by molar-refractivity contribution is 0.0951. The number of hydrogen-bond acceptors (Lipinski definition) is 3. The zero-order valence-corrected chi connectivity index (χ0v) is 11.4. The van der Waals surface area contributed by atoms with Gasteiger partial charge in [-0.25, -0.2) is 0 Å². The number of nitrogens with zero attached hydrogens (tertiary/aromatic N) is 1. The summed E-state index contributed by atoms with van der Waals surface area (Å²) in [6.45, 7) is 2.35. The van der Waals surface area contributed by atoms with E-state index in [-0.39, 0.29) is 5.91 Å². The molecule has 0 unspecified atom stereocenters. The third-order valence-electron chi connectivity index (χ3n) is 2.56. The second-order valence-electron chi connectivity index (χ2n) is 3.98. The van der Waals surface area contributed by atoms with Crippen molar-refractivity contribution in [2.24, 2.45) is 0 Å². The number of nitrogen functional groups attached to an aromatic ring is 1. The van der Waals surface area contributed by atoms with Crippen molar-refractivity contribution in [1.82, 2.24) is 15.5 Å². The SMILES string of the molecule is Cc1[nH]ncc1CNC(=O)c1cc(N)cc(Br)c1. The van der Waals surface area contributed by atoms with Crippen molar-refractivity contribution in [2.75, 3.05) is 5.73 Å². The van der Waals surface area contributed by atoms with Crippen LogP contribution in [0.2, 0.25) is 0 Å². The molecule has 2 rings (SSSR count). The Morgan fingerprint density at radius 3 is 2.89 bits per heavy atom. The number of aromatic amines is 1. The fraction of sp³-hybridized carbons (Fsp3) is 0.167. The van der Waals surface area contributed by atoms with Gasteiger partial charge in [-0.1, -0.05) is 15.9 Å². The summed E-state index contributed by atoms with van der Waals surface area (Å²) in [7, 11) is 0. The normalized spacial score (nSPS) is 10.3. The van der Waals surface area contributed by atoms with E-state index in [1.54, 1.807) is 24.4 Å². The van der Waals surface area contributed by atoms with E-state index in [1.807, 2.05) is 6.92 Å². The first kappa shape index (κ1) is 12.6. The van der Waals surface area contributed by atoms with Crippen molar-refractivity contribution < 1.29 is 4.79 Å². The minimum absolute atomic E-state index is 0.163. The fourth-order valence-electron chi connectivity index (χ4n) is 1.57. The summed E-state index contributed by atoms with van der Waals surface area (Å²) in [5.74, 6) is -0.163. The molecule has 0 aliphatic heterocycles. The number of nitrogens with one attached hydrogen (secondary N) is 2. The van der Waals surface area contributed by atoms with Crippen molar-refractivity contribution in [3.8, 4) is 0 Å². The van der Waals surface area contributed by atoms with Gasteiger partial charge in [0.25, 0.3) is 5.91 Å². The van der Waals surface area contributed by atoms with Crippen LogP contribution in [-0.2, 0) is 6.54 Å². The monoisotopic (exact) mass is 308 g/mol. The Balaban J connectivity index is 2.06. The number of nitrogens with two attached hydrogens (primary N) is 1. The molecule has 5 nitrogen and oxygen atoms in total. The smallest absolute Gasteiger partial charge is 0.251 e. The molecule has 0 radical (unpaired) electrons. The second-order valence-corrected chi connectivity index (χ2v) is 4.89. The zero-order chi connectivity index (χ0) is 13.1. The lowest BCUT2D eigenvalue weighted by atomic mass is 10.2. The molecular formula is C12H13BrN4O. The van der Waals surface area contributed by atoms with Crippen LogP contribution in [0.3, 0.4) is 0 Å². The van der Waals surface area contributed by atoms with Gasteiger partial charge in [-0.15, -0.1) is 0 Å². The maximum atomic E-state index is 11.9. The summed E-state index contributed by atoms with van der Waals surface area (Å²) in [5.41, 5.74) is 8.68. The molecule has 1 aromatic heterocycles. The van der Waals surface area contributed by atoms with E-state index in [1.165, 1.54) is 0 Å². The van der Waals surface area contributed by atoms with Crippen LogP contribution in [0, 0.1) is 6.92 Å². The molecule has 0 spiro atoms. The molecule has 0 aliphatic carbocycles. The number of rotatable bonds is 3. The minimum atomic E-state index is -0.163. The van der Waals surface area contributed by atoms with Crippen LogP contribution in [0.25, 0.3) is 0 Å². The summed E-state index contributed by atoms with van der Waals surface area (Å²) in [4.78, 5) is 11.9. The summed E-state index contributed by atoms with van der Waals surface area (Å²) in [6.07, 6.45) is 1.70. The number of carbonyl (C=O) groups is 1. The van der Waals surface area contributed by atoms with Gasteiger partial charge >= 0.3 is 0 Å². The van der Waals surface area contributed by atoms with Crippen LogP contribution >= 0.6 is 15.9 Å². The Morgan fingerprint density at radius 1 is 1.50 bits per heavy atom. The highest BCUT2D eigenvalue weighted by molar-refractivity contribution is 9.10. The summed E-state index contributed by atoms with van der Waals surface area (Å²) in [5, 5.41) is 9.54. The lowest BCUT2D eigenvalue weighted by Crippen LogP contribution is -2.23. The highest BCUT2D eigenvalue weighted by atomic mass is 79.9. The van der Waals surface area contributed by atoms with Crippen LogP contribution < -0.4 is 11.1 Å². The number of H-pyrrole nitrogens is 1. The van der Waals surface area contributed by atoms with E-state index < -0.39 is 0 Å². The maximum absolute atomic E-state index is 11.9. The quantitative estimate of drug-likeness (QED) is 0.758. The lowest BCUT2D eigenvalue weighted by Gasteiger charge is -2.06. The first-order valence-corrected chi connectivity index (χ1v) is 6.18. The zero-order valence-electron chi connectivity index (χ0n) is 9.83. The van der Waals surface area contributed by atoms with Crippen molar-refractivity contribution >= 4 is 27.5 Å². The molecule has 1 amide bonds. The predicted molar refractivity (Wildman–Crippen MR) is 73.0 cm³/mol. The molecule has 4 N–H and O–H groups in total. The van der Waals surface area contributed by atoms with Crippen LogP contribution in [0.4, 0.5) is 5.69 Å². The van der Waals surface area contributed by atoms with Gasteiger partial charge in [0.2, 0.25) is 0 Å². The van der Waals surface area contributed by atoms with E-state index in [9.17, 15) is 4.79 Å². The number of benzene rings is 1. The van der Waals surface area contributed by atoms with Crippen LogP contribution in [0.15, 0.2) is 28.9 Å². The van der Waals surface area contributed by atoms with E-state index in [0.29, 0.717) is 17.8 Å².